The molecule has 13 heteroatoms. The zero-order valence-electron chi connectivity index (χ0n) is 24.3. The second-order valence-electron chi connectivity index (χ2n) is 10.5. The Morgan fingerprint density at radius 1 is 0.617 bits per heavy atom. The smallest absolute Gasteiger partial charge is 0.429 e. The van der Waals surface area contributed by atoms with E-state index in [1.54, 1.807) is 12.4 Å². The number of nitrogens with zero attached hydrogens (tertiary/aromatic N) is 2. The Morgan fingerprint density at radius 2 is 1.17 bits per heavy atom. The van der Waals surface area contributed by atoms with Crippen LogP contribution >= 0.6 is 0 Å². The third-order valence-corrected chi connectivity index (χ3v) is 7.18. The summed E-state index contributed by atoms with van der Waals surface area (Å²) >= 11 is 0. The number of alkyl halides is 2. The molecule has 1 aromatic heterocycles. The van der Waals surface area contributed by atoms with E-state index in [9.17, 15) is 30.7 Å². The summed E-state index contributed by atoms with van der Waals surface area (Å²) in [4.78, 5) is 8.51. The van der Waals surface area contributed by atoms with Gasteiger partial charge in [0.05, 0.1) is 5.56 Å². The highest BCUT2D eigenvalue weighted by Gasteiger charge is 2.42. The van der Waals surface area contributed by atoms with Crippen molar-refractivity contribution in [2.24, 2.45) is 0 Å². The van der Waals surface area contributed by atoms with Gasteiger partial charge in [-0.15, -0.1) is 0 Å². The Bertz CT molecular complexity index is 1880. The van der Waals surface area contributed by atoms with Gasteiger partial charge >= 0.3 is 6.11 Å². The Morgan fingerprint density at radius 3 is 1.72 bits per heavy atom. The summed E-state index contributed by atoms with van der Waals surface area (Å²) in [5, 5.41) is 0. The van der Waals surface area contributed by atoms with Gasteiger partial charge in [-0.25, -0.2) is 45.1 Å². The molecule has 0 N–H and O–H groups in total. The molecule has 0 fully saturated rings. The topological polar surface area (TPSA) is 35.0 Å². The number of ether oxygens (including phenoxy) is 1. The first-order valence-electron chi connectivity index (χ1n) is 14.1. The van der Waals surface area contributed by atoms with Crippen LogP contribution in [0, 0.1) is 46.5 Å². The Kier molecular flexibility index (Phi) is 9.55. The monoisotopic (exact) mass is 664 g/mol. The molecule has 0 bridgehead atoms. The molecule has 0 amide bonds. The van der Waals surface area contributed by atoms with Crippen molar-refractivity contribution < 1.29 is 48.6 Å². The molecule has 0 saturated heterocycles. The van der Waals surface area contributed by atoms with E-state index < -0.39 is 75.1 Å². The lowest BCUT2D eigenvalue weighted by atomic mass is 9.96. The summed E-state index contributed by atoms with van der Waals surface area (Å²) < 4.78 is 149. The standard InChI is InChI=1S/C34H22F10N2O/c1-2-3-4-5-17-15-45-33(46-16-17)18-6-7-22(23(35)8-18)19-9-24(36)30(25(37)10-19)20-11-26(38)31(27(39)12-20)34(43,44)47-21-13-28(40)32(42)29(41)14-21/h6-16H,2-5H2,1H3. The molecule has 0 aliphatic heterocycles. The third kappa shape index (κ3) is 7.08. The van der Waals surface area contributed by atoms with E-state index >= 15 is 13.2 Å². The fourth-order valence-corrected chi connectivity index (χ4v) is 4.89. The first-order chi connectivity index (χ1) is 22.3. The fourth-order valence-electron chi connectivity index (χ4n) is 4.89. The number of rotatable bonds is 10. The SMILES string of the molecule is CCCCCc1cnc(-c2ccc(-c3cc(F)c(-c4cc(F)c(C(F)(F)Oc5cc(F)c(F)c(F)c5)c(F)c4)c(F)c3)c(F)c2)nc1. The summed E-state index contributed by atoms with van der Waals surface area (Å²) in [5.74, 6) is -14.6. The maximum atomic E-state index is 15.2. The van der Waals surface area contributed by atoms with Crippen molar-refractivity contribution in [1.29, 1.82) is 0 Å². The Balaban J connectivity index is 1.41. The number of aromatic nitrogens is 2. The van der Waals surface area contributed by atoms with Crippen LogP contribution in [0.2, 0.25) is 0 Å². The summed E-state index contributed by atoms with van der Waals surface area (Å²) in [6.45, 7) is 2.08. The summed E-state index contributed by atoms with van der Waals surface area (Å²) in [6.07, 6.45) is 2.23. The van der Waals surface area contributed by atoms with Crippen LogP contribution in [0.1, 0.15) is 37.3 Å². The van der Waals surface area contributed by atoms with Crippen molar-refractivity contribution in [3.8, 4) is 39.4 Å². The highest BCUT2D eigenvalue weighted by atomic mass is 19.3. The van der Waals surface area contributed by atoms with Gasteiger partial charge in [0.1, 0.15) is 40.4 Å². The van der Waals surface area contributed by atoms with Gasteiger partial charge in [-0.2, -0.15) is 8.78 Å². The second-order valence-corrected chi connectivity index (χ2v) is 10.5. The van der Waals surface area contributed by atoms with Gasteiger partial charge in [-0.05, 0) is 59.9 Å². The molecule has 0 spiro atoms. The molecule has 0 aliphatic rings. The first kappa shape index (κ1) is 33.4. The summed E-state index contributed by atoms with van der Waals surface area (Å²) in [6, 6.07) is 5.57. The van der Waals surface area contributed by atoms with E-state index in [4.69, 9.17) is 0 Å². The molecule has 0 aliphatic carbocycles. The normalized spacial score (nSPS) is 11.6. The Hall–Kier alpha value is -4.94. The molecule has 5 aromatic rings. The zero-order valence-corrected chi connectivity index (χ0v) is 24.3. The molecule has 47 heavy (non-hydrogen) atoms. The van der Waals surface area contributed by atoms with Gasteiger partial charge in [-0.1, -0.05) is 31.9 Å². The number of halogens is 10. The van der Waals surface area contributed by atoms with Crippen LogP contribution in [0.25, 0.3) is 33.6 Å². The average molecular weight is 665 g/mol. The number of hydrogen-bond donors (Lipinski definition) is 0. The largest absolute Gasteiger partial charge is 0.432 e. The minimum atomic E-state index is -4.91. The van der Waals surface area contributed by atoms with Gasteiger partial charge in [0.25, 0.3) is 0 Å². The molecule has 4 aromatic carbocycles. The molecule has 3 nitrogen and oxygen atoms in total. The number of unbranched alkanes of at least 4 members (excludes halogenated alkanes) is 2. The molecule has 5 rings (SSSR count). The molecule has 0 saturated carbocycles. The maximum Gasteiger partial charge on any atom is 0.432 e. The highest BCUT2D eigenvalue weighted by Crippen LogP contribution is 2.39. The molecule has 1 heterocycles. The van der Waals surface area contributed by atoms with Crippen LogP contribution in [0.5, 0.6) is 5.75 Å². The molecule has 0 atom stereocenters. The lowest BCUT2D eigenvalue weighted by Gasteiger charge is -2.20. The van der Waals surface area contributed by atoms with Crippen molar-refractivity contribution in [3.63, 3.8) is 0 Å². The number of benzene rings is 4. The number of aryl methyl sites for hydroxylation is 1. The summed E-state index contributed by atoms with van der Waals surface area (Å²) in [7, 11) is 0. The van der Waals surface area contributed by atoms with E-state index in [1.165, 1.54) is 12.1 Å². The average Bonchev–Trinajstić information content (AvgIpc) is 2.99. The van der Waals surface area contributed by atoms with Gasteiger partial charge in [0.15, 0.2) is 23.3 Å². The van der Waals surface area contributed by atoms with Crippen molar-refractivity contribution in [3.05, 3.63) is 125 Å². The summed E-state index contributed by atoms with van der Waals surface area (Å²) in [5.41, 5.74) is -3.21. The van der Waals surface area contributed by atoms with Gasteiger partial charge in [0.2, 0.25) is 0 Å². The van der Waals surface area contributed by atoms with Crippen LogP contribution in [-0.2, 0) is 12.5 Å². The number of hydrogen-bond acceptors (Lipinski definition) is 3. The van der Waals surface area contributed by atoms with Crippen molar-refractivity contribution in [2.75, 3.05) is 0 Å². The highest BCUT2D eigenvalue weighted by molar-refractivity contribution is 5.74. The van der Waals surface area contributed by atoms with Crippen LogP contribution in [0.4, 0.5) is 43.9 Å². The molecular formula is C34H22F10N2O. The third-order valence-electron chi connectivity index (χ3n) is 7.18. The zero-order chi connectivity index (χ0) is 34.0. The van der Waals surface area contributed by atoms with E-state index in [1.807, 2.05) is 0 Å². The lowest BCUT2D eigenvalue weighted by molar-refractivity contribution is -0.189. The minimum absolute atomic E-state index is 0.0273. The predicted octanol–water partition coefficient (Wildman–Crippen LogP) is 10.5. The molecule has 0 radical (unpaired) electrons. The van der Waals surface area contributed by atoms with Crippen LogP contribution in [0.15, 0.2) is 67.0 Å². The molecule has 0 unspecified atom stereocenters. The van der Waals surface area contributed by atoms with E-state index in [-0.39, 0.29) is 41.2 Å². The Labute approximate surface area is 261 Å². The first-order valence-corrected chi connectivity index (χ1v) is 14.1. The van der Waals surface area contributed by atoms with Gasteiger partial charge in [-0.3, -0.25) is 0 Å². The predicted molar refractivity (Wildman–Crippen MR) is 152 cm³/mol. The van der Waals surface area contributed by atoms with Crippen molar-refractivity contribution in [1.82, 2.24) is 9.97 Å². The maximum absolute atomic E-state index is 15.2. The van der Waals surface area contributed by atoms with E-state index in [0.29, 0.717) is 17.7 Å². The van der Waals surface area contributed by atoms with Crippen LogP contribution in [0.3, 0.4) is 0 Å². The van der Waals surface area contributed by atoms with E-state index in [0.717, 1.165) is 37.3 Å². The van der Waals surface area contributed by atoms with Crippen LogP contribution < -0.4 is 4.74 Å². The second kappa shape index (κ2) is 13.4. The lowest BCUT2D eigenvalue weighted by Crippen LogP contribution is -2.25. The quantitative estimate of drug-likeness (QED) is 0.0847. The van der Waals surface area contributed by atoms with Gasteiger partial charge < -0.3 is 4.74 Å². The van der Waals surface area contributed by atoms with Crippen molar-refractivity contribution in [2.45, 2.75) is 38.7 Å². The molecule has 244 valence electrons. The molecular weight excluding hydrogens is 642 g/mol. The van der Waals surface area contributed by atoms with Crippen molar-refractivity contribution >= 4 is 0 Å². The fraction of sp³-hybridized carbons (Fsp3) is 0.176. The van der Waals surface area contributed by atoms with E-state index in [2.05, 4.69) is 21.6 Å². The van der Waals surface area contributed by atoms with Crippen LogP contribution in [-0.4, -0.2) is 9.97 Å². The van der Waals surface area contributed by atoms with Gasteiger partial charge in [0, 0.05) is 35.7 Å². The minimum Gasteiger partial charge on any atom is -0.429 e.